The number of carbonyl (C=O) groups excluding carboxylic acids is 1. The van der Waals surface area contributed by atoms with Crippen molar-refractivity contribution in [1.82, 2.24) is 14.5 Å². The second-order valence-corrected chi connectivity index (χ2v) is 7.34. The van der Waals surface area contributed by atoms with Gasteiger partial charge in [0.05, 0.1) is 17.6 Å². The molecule has 2 aromatic heterocycles. The monoisotopic (exact) mass is 402 g/mol. The van der Waals surface area contributed by atoms with Crippen molar-refractivity contribution in [1.29, 1.82) is 0 Å². The summed E-state index contributed by atoms with van der Waals surface area (Å²) in [5.41, 5.74) is 11.3. The molecule has 6 heteroatoms. The van der Waals surface area contributed by atoms with Crippen LogP contribution in [0.1, 0.15) is 49.0 Å². The van der Waals surface area contributed by atoms with Crippen LogP contribution < -0.4 is 5.73 Å². The standard InChI is InChI=1S/C24H26N4O2/c1-3-5-8-15-30-24(29)20-21-23(27-19-10-7-6-9-18(19)26-21)28(22(20)25)17-13-11-16(4-2)12-14-17/h6-7,9-14H,3-5,8,15,25H2,1-2H3. The van der Waals surface area contributed by atoms with Crippen LogP contribution in [0.25, 0.3) is 27.9 Å². The van der Waals surface area contributed by atoms with Gasteiger partial charge < -0.3 is 10.5 Å². The molecular weight excluding hydrogens is 376 g/mol. The van der Waals surface area contributed by atoms with Gasteiger partial charge in [-0.15, -0.1) is 0 Å². The minimum Gasteiger partial charge on any atom is -0.462 e. The van der Waals surface area contributed by atoms with E-state index in [2.05, 4.69) is 26.0 Å². The highest BCUT2D eigenvalue weighted by Crippen LogP contribution is 2.31. The van der Waals surface area contributed by atoms with Crippen LogP contribution in [-0.2, 0) is 11.2 Å². The predicted molar refractivity (Wildman–Crippen MR) is 120 cm³/mol. The van der Waals surface area contributed by atoms with Gasteiger partial charge in [0, 0.05) is 5.69 Å². The Hall–Kier alpha value is -3.41. The second-order valence-electron chi connectivity index (χ2n) is 7.34. The first kappa shape index (κ1) is 19.9. The van der Waals surface area contributed by atoms with Crippen LogP contribution in [-0.4, -0.2) is 27.1 Å². The van der Waals surface area contributed by atoms with Crippen molar-refractivity contribution in [2.45, 2.75) is 39.5 Å². The summed E-state index contributed by atoms with van der Waals surface area (Å²) in [7, 11) is 0. The number of aryl methyl sites for hydroxylation is 1. The Labute approximate surface area is 175 Å². The first-order valence-corrected chi connectivity index (χ1v) is 10.5. The molecule has 0 radical (unpaired) electrons. The predicted octanol–water partition coefficient (Wildman–Crippen LogP) is 5.07. The van der Waals surface area contributed by atoms with E-state index in [0.717, 1.165) is 36.9 Å². The molecule has 0 spiro atoms. The number of nitrogen functional groups attached to an aromatic ring is 1. The lowest BCUT2D eigenvalue weighted by molar-refractivity contribution is 0.0501. The highest BCUT2D eigenvalue weighted by Gasteiger charge is 2.25. The third kappa shape index (κ3) is 3.61. The van der Waals surface area contributed by atoms with Crippen LogP contribution in [0.5, 0.6) is 0 Å². The number of rotatable bonds is 7. The molecule has 2 heterocycles. The van der Waals surface area contributed by atoms with Crippen LogP contribution in [0.15, 0.2) is 48.5 Å². The number of carbonyl (C=O) groups is 1. The number of benzene rings is 2. The average Bonchev–Trinajstić information content (AvgIpc) is 3.05. The van der Waals surface area contributed by atoms with Crippen molar-refractivity contribution in [3.63, 3.8) is 0 Å². The Morgan fingerprint density at radius 1 is 1.00 bits per heavy atom. The molecule has 6 nitrogen and oxygen atoms in total. The van der Waals surface area contributed by atoms with Crippen molar-refractivity contribution in [2.24, 2.45) is 0 Å². The van der Waals surface area contributed by atoms with E-state index in [4.69, 9.17) is 20.4 Å². The van der Waals surface area contributed by atoms with Gasteiger partial charge in [-0.1, -0.05) is 51.0 Å². The van der Waals surface area contributed by atoms with Gasteiger partial charge in [0.1, 0.15) is 16.9 Å². The molecule has 4 aromatic rings. The number of nitrogens with zero attached hydrogens (tertiary/aromatic N) is 3. The lowest BCUT2D eigenvalue weighted by Gasteiger charge is -2.09. The number of anilines is 1. The average molecular weight is 402 g/mol. The maximum Gasteiger partial charge on any atom is 0.344 e. The van der Waals surface area contributed by atoms with Gasteiger partial charge in [-0.05, 0) is 42.7 Å². The molecule has 30 heavy (non-hydrogen) atoms. The SMILES string of the molecule is CCCCCOC(=O)c1c(N)n(-c2ccc(CC)cc2)c2nc3ccccc3nc12. The van der Waals surface area contributed by atoms with Crippen LogP contribution in [0.3, 0.4) is 0 Å². The van der Waals surface area contributed by atoms with Crippen molar-refractivity contribution >= 4 is 34.0 Å². The number of ether oxygens (including phenoxy) is 1. The van der Waals surface area contributed by atoms with Gasteiger partial charge in [0.2, 0.25) is 0 Å². The van der Waals surface area contributed by atoms with Crippen LogP contribution >= 0.6 is 0 Å². The largest absolute Gasteiger partial charge is 0.462 e. The van der Waals surface area contributed by atoms with E-state index in [-0.39, 0.29) is 5.56 Å². The summed E-state index contributed by atoms with van der Waals surface area (Å²) in [6.07, 6.45) is 3.85. The number of fused-ring (bicyclic) bond motifs is 2. The Bertz CT molecular complexity index is 1200. The number of unbranched alkanes of at least 4 members (excludes halogenated alkanes) is 2. The summed E-state index contributed by atoms with van der Waals surface area (Å²) in [6, 6.07) is 15.7. The van der Waals surface area contributed by atoms with Crippen molar-refractivity contribution in [2.75, 3.05) is 12.3 Å². The van der Waals surface area contributed by atoms with Crippen LogP contribution in [0.2, 0.25) is 0 Å². The Kier molecular flexibility index (Phi) is 5.65. The van der Waals surface area contributed by atoms with Gasteiger partial charge in [-0.2, -0.15) is 0 Å². The number of para-hydroxylation sites is 2. The summed E-state index contributed by atoms with van der Waals surface area (Å²) < 4.78 is 7.31. The molecule has 0 fully saturated rings. The molecule has 0 aliphatic heterocycles. The topological polar surface area (TPSA) is 83.0 Å². The van der Waals surface area contributed by atoms with E-state index >= 15 is 0 Å². The maximum atomic E-state index is 12.9. The molecule has 0 saturated heterocycles. The number of hydrogen-bond donors (Lipinski definition) is 1. The van der Waals surface area contributed by atoms with Gasteiger partial charge >= 0.3 is 5.97 Å². The quantitative estimate of drug-likeness (QED) is 0.345. The minimum atomic E-state index is -0.456. The Balaban J connectivity index is 1.88. The maximum absolute atomic E-state index is 12.9. The normalized spacial score (nSPS) is 11.3. The first-order chi connectivity index (χ1) is 14.6. The van der Waals surface area contributed by atoms with E-state index in [1.165, 1.54) is 5.56 Å². The fourth-order valence-electron chi connectivity index (χ4n) is 3.59. The van der Waals surface area contributed by atoms with Gasteiger partial charge in [-0.25, -0.2) is 14.8 Å². The van der Waals surface area contributed by atoms with Crippen LogP contribution in [0.4, 0.5) is 5.82 Å². The zero-order chi connectivity index (χ0) is 21.1. The highest BCUT2D eigenvalue weighted by molar-refractivity contribution is 6.09. The zero-order valence-electron chi connectivity index (χ0n) is 17.4. The lowest BCUT2D eigenvalue weighted by Crippen LogP contribution is -2.10. The fourth-order valence-corrected chi connectivity index (χ4v) is 3.59. The summed E-state index contributed by atoms with van der Waals surface area (Å²) in [5.74, 6) is -0.160. The Morgan fingerprint density at radius 2 is 1.70 bits per heavy atom. The second kappa shape index (κ2) is 8.53. The van der Waals surface area contributed by atoms with Crippen LogP contribution in [0, 0.1) is 0 Å². The Morgan fingerprint density at radius 3 is 2.37 bits per heavy atom. The first-order valence-electron chi connectivity index (χ1n) is 10.5. The molecule has 0 aliphatic rings. The van der Waals surface area contributed by atoms with Gasteiger partial charge in [-0.3, -0.25) is 4.57 Å². The third-order valence-electron chi connectivity index (χ3n) is 5.29. The molecular formula is C24H26N4O2. The molecule has 2 N–H and O–H groups in total. The number of esters is 1. The molecule has 154 valence electrons. The molecule has 0 amide bonds. The number of hydrogen-bond acceptors (Lipinski definition) is 5. The molecule has 2 aromatic carbocycles. The van der Waals surface area contributed by atoms with Gasteiger partial charge in [0.15, 0.2) is 5.65 Å². The van der Waals surface area contributed by atoms with Crippen molar-refractivity contribution in [3.05, 3.63) is 59.7 Å². The summed E-state index contributed by atoms with van der Waals surface area (Å²) in [5, 5.41) is 0. The van der Waals surface area contributed by atoms with Crippen molar-refractivity contribution in [3.8, 4) is 5.69 Å². The fraction of sp³-hybridized carbons (Fsp3) is 0.292. The third-order valence-corrected chi connectivity index (χ3v) is 5.29. The number of nitrogens with two attached hydrogens (primary N) is 1. The van der Waals surface area contributed by atoms with E-state index in [1.54, 1.807) is 4.57 Å². The summed E-state index contributed by atoms with van der Waals surface area (Å²) in [6.45, 7) is 4.58. The smallest absolute Gasteiger partial charge is 0.344 e. The lowest BCUT2D eigenvalue weighted by atomic mass is 10.1. The highest BCUT2D eigenvalue weighted by atomic mass is 16.5. The minimum absolute atomic E-state index is 0.277. The van der Waals surface area contributed by atoms with E-state index in [0.29, 0.717) is 29.1 Å². The van der Waals surface area contributed by atoms with E-state index < -0.39 is 5.97 Å². The molecule has 4 rings (SSSR count). The summed E-state index contributed by atoms with van der Waals surface area (Å²) in [4.78, 5) is 22.4. The summed E-state index contributed by atoms with van der Waals surface area (Å²) >= 11 is 0. The molecule has 0 bridgehead atoms. The van der Waals surface area contributed by atoms with E-state index in [9.17, 15) is 4.79 Å². The zero-order valence-corrected chi connectivity index (χ0v) is 17.4. The number of aromatic nitrogens is 3. The van der Waals surface area contributed by atoms with Gasteiger partial charge in [0.25, 0.3) is 0 Å². The molecule has 0 saturated carbocycles. The molecule has 0 atom stereocenters. The molecule has 0 unspecified atom stereocenters. The van der Waals surface area contributed by atoms with Crippen molar-refractivity contribution < 1.29 is 9.53 Å². The molecule has 0 aliphatic carbocycles. The van der Waals surface area contributed by atoms with E-state index in [1.807, 2.05) is 36.4 Å².